The number of alkyl halides is 2. The average molecular weight is 262 g/mol. The van der Waals surface area contributed by atoms with Gasteiger partial charge >= 0.3 is 6.03 Å². The number of hydrogen-bond acceptors (Lipinski definition) is 2. The van der Waals surface area contributed by atoms with Crippen molar-refractivity contribution in [2.45, 2.75) is 56.6 Å². The first kappa shape index (κ1) is 13.5. The van der Waals surface area contributed by atoms with Crippen LogP contribution in [0.2, 0.25) is 0 Å². The Labute approximate surface area is 105 Å². The van der Waals surface area contributed by atoms with Gasteiger partial charge in [-0.2, -0.15) is 0 Å². The maximum Gasteiger partial charge on any atom is 0.315 e. The molecule has 104 valence electrons. The number of carbonyl (C=O) groups excluding carboxylic acids is 1. The molecule has 0 aromatic heterocycles. The summed E-state index contributed by atoms with van der Waals surface area (Å²) in [6, 6.07) is -0.430. The average Bonchev–Trinajstić information content (AvgIpc) is 2.25. The van der Waals surface area contributed by atoms with E-state index in [0.717, 1.165) is 6.42 Å². The molecule has 0 heterocycles. The highest BCUT2D eigenvalue weighted by atomic mass is 19.3. The van der Waals surface area contributed by atoms with E-state index < -0.39 is 17.9 Å². The lowest BCUT2D eigenvalue weighted by atomic mass is 9.85. The molecule has 4 nitrogen and oxygen atoms in total. The second-order valence-corrected chi connectivity index (χ2v) is 5.38. The molecular weight excluding hydrogens is 242 g/mol. The summed E-state index contributed by atoms with van der Waals surface area (Å²) in [6.45, 7) is 0.0219. The summed E-state index contributed by atoms with van der Waals surface area (Å²) in [5.74, 6) is -3.40. The number of rotatable bonds is 3. The standard InChI is InChI=1S/C12H20F2N2O2/c13-12(14)4-2-1-3-8(12)7-15-11(18)16-9-5-10(17)6-9/h8-10,17H,1-7H2,(H2,15,16,18). The van der Waals surface area contributed by atoms with E-state index in [4.69, 9.17) is 5.11 Å². The fraction of sp³-hybridized carbons (Fsp3) is 0.917. The highest BCUT2D eigenvalue weighted by Crippen LogP contribution is 2.37. The highest BCUT2D eigenvalue weighted by molar-refractivity contribution is 5.74. The topological polar surface area (TPSA) is 61.4 Å². The molecule has 0 bridgehead atoms. The van der Waals surface area contributed by atoms with Gasteiger partial charge in [-0.25, -0.2) is 13.6 Å². The lowest BCUT2D eigenvalue weighted by Crippen LogP contribution is -2.51. The Hall–Kier alpha value is -0.910. The van der Waals surface area contributed by atoms with Gasteiger partial charge in [-0.1, -0.05) is 6.42 Å². The van der Waals surface area contributed by atoms with Crippen LogP contribution in [0, 0.1) is 5.92 Å². The predicted octanol–water partition coefficient (Wildman–Crippen LogP) is 1.63. The van der Waals surface area contributed by atoms with Crippen molar-refractivity contribution in [2.24, 2.45) is 5.92 Å². The van der Waals surface area contributed by atoms with Crippen LogP contribution in [0.15, 0.2) is 0 Å². The largest absolute Gasteiger partial charge is 0.393 e. The number of hydrogen-bond donors (Lipinski definition) is 3. The van der Waals surface area contributed by atoms with Gasteiger partial charge in [0.25, 0.3) is 5.92 Å². The van der Waals surface area contributed by atoms with Crippen molar-refractivity contribution in [3.8, 4) is 0 Å². The monoisotopic (exact) mass is 262 g/mol. The Morgan fingerprint density at radius 1 is 1.33 bits per heavy atom. The Morgan fingerprint density at radius 2 is 2.06 bits per heavy atom. The van der Waals surface area contributed by atoms with Crippen molar-refractivity contribution in [2.75, 3.05) is 6.54 Å². The lowest BCUT2D eigenvalue weighted by Gasteiger charge is -2.33. The molecule has 18 heavy (non-hydrogen) atoms. The normalized spacial score (nSPS) is 34.5. The molecule has 2 amide bonds. The minimum absolute atomic E-state index is 0.0214. The quantitative estimate of drug-likeness (QED) is 0.724. The fourth-order valence-electron chi connectivity index (χ4n) is 2.58. The van der Waals surface area contributed by atoms with Gasteiger partial charge in [-0.3, -0.25) is 0 Å². The van der Waals surface area contributed by atoms with E-state index in [1.165, 1.54) is 0 Å². The summed E-state index contributed by atoms with van der Waals surface area (Å²) >= 11 is 0. The van der Waals surface area contributed by atoms with Gasteiger partial charge in [-0.15, -0.1) is 0 Å². The summed E-state index contributed by atoms with van der Waals surface area (Å²) in [6.07, 6.45) is 2.53. The van der Waals surface area contributed by atoms with Crippen molar-refractivity contribution in [3.05, 3.63) is 0 Å². The zero-order valence-electron chi connectivity index (χ0n) is 10.3. The molecule has 0 saturated heterocycles. The Balaban J connectivity index is 1.68. The molecule has 0 radical (unpaired) electrons. The molecular formula is C12H20F2N2O2. The van der Waals surface area contributed by atoms with E-state index in [1.54, 1.807) is 0 Å². The third kappa shape index (κ3) is 3.31. The lowest BCUT2D eigenvalue weighted by molar-refractivity contribution is -0.0833. The summed E-state index contributed by atoms with van der Waals surface area (Å²) in [5.41, 5.74) is 0. The van der Waals surface area contributed by atoms with E-state index in [-0.39, 0.29) is 25.1 Å². The van der Waals surface area contributed by atoms with Gasteiger partial charge in [0.2, 0.25) is 0 Å². The zero-order valence-corrected chi connectivity index (χ0v) is 10.3. The van der Waals surface area contributed by atoms with E-state index in [9.17, 15) is 13.6 Å². The molecule has 0 aliphatic heterocycles. The van der Waals surface area contributed by atoms with Crippen LogP contribution in [0.25, 0.3) is 0 Å². The number of nitrogens with one attached hydrogen (secondary N) is 2. The van der Waals surface area contributed by atoms with Crippen LogP contribution in [-0.4, -0.2) is 35.8 Å². The molecule has 3 N–H and O–H groups in total. The summed E-state index contributed by atoms with van der Waals surface area (Å²) in [5, 5.41) is 14.2. The van der Waals surface area contributed by atoms with Crippen molar-refractivity contribution in [1.29, 1.82) is 0 Å². The summed E-state index contributed by atoms with van der Waals surface area (Å²) < 4.78 is 27.0. The van der Waals surface area contributed by atoms with Gasteiger partial charge in [0.05, 0.1) is 6.10 Å². The van der Waals surface area contributed by atoms with Gasteiger partial charge < -0.3 is 15.7 Å². The van der Waals surface area contributed by atoms with Crippen LogP contribution in [0.5, 0.6) is 0 Å². The second kappa shape index (κ2) is 5.38. The van der Waals surface area contributed by atoms with Crippen LogP contribution in [0.4, 0.5) is 13.6 Å². The molecule has 6 heteroatoms. The molecule has 2 rings (SSSR count). The fourth-order valence-corrected chi connectivity index (χ4v) is 2.58. The Kier molecular flexibility index (Phi) is 4.04. The van der Waals surface area contributed by atoms with Crippen LogP contribution >= 0.6 is 0 Å². The molecule has 2 aliphatic carbocycles. The van der Waals surface area contributed by atoms with E-state index in [0.29, 0.717) is 25.7 Å². The van der Waals surface area contributed by atoms with Gasteiger partial charge in [0, 0.05) is 24.9 Å². The summed E-state index contributed by atoms with van der Waals surface area (Å²) in [7, 11) is 0. The molecule has 1 atom stereocenters. The number of carbonyl (C=O) groups is 1. The van der Waals surface area contributed by atoms with Crippen molar-refractivity contribution in [1.82, 2.24) is 10.6 Å². The maximum absolute atomic E-state index is 13.5. The molecule has 2 aliphatic rings. The van der Waals surface area contributed by atoms with Crippen molar-refractivity contribution >= 4 is 6.03 Å². The van der Waals surface area contributed by atoms with E-state index in [1.807, 2.05) is 0 Å². The Morgan fingerprint density at radius 3 is 2.67 bits per heavy atom. The van der Waals surface area contributed by atoms with Crippen LogP contribution in [0.1, 0.15) is 38.5 Å². The number of halogens is 2. The van der Waals surface area contributed by atoms with Crippen molar-refractivity contribution in [3.63, 3.8) is 0 Å². The number of aliphatic hydroxyl groups excluding tert-OH is 1. The van der Waals surface area contributed by atoms with E-state index >= 15 is 0 Å². The third-order valence-electron chi connectivity index (χ3n) is 3.87. The van der Waals surface area contributed by atoms with Gasteiger partial charge in [0.1, 0.15) is 0 Å². The smallest absolute Gasteiger partial charge is 0.315 e. The SMILES string of the molecule is O=C(NCC1CCCCC1(F)F)NC1CC(O)C1. The molecule has 0 aromatic carbocycles. The number of aliphatic hydroxyl groups is 1. The highest BCUT2D eigenvalue weighted by Gasteiger charge is 2.41. The third-order valence-corrected chi connectivity index (χ3v) is 3.87. The first-order valence-corrected chi connectivity index (χ1v) is 6.57. The van der Waals surface area contributed by atoms with Gasteiger partial charge in [0.15, 0.2) is 0 Å². The van der Waals surface area contributed by atoms with Gasteiger partial charge in [-0.05, 0) is 25.7 Å². The molecule has 0 spiro atoms. The van der Waals surface area contributed by atoms with Crippen LogP contribution < -0.4 is 10.6 Å². The van der Waals surface area contributed by atoms with Crippen LogP contribution in [0.3, 0.4) is 0 Å². The van der Waals surface area contributed by atoms with E-state index in [2.05, 4.69) is 10.6 Å². The summed E-state index contributed by atoms with van der Waals surface area (Å²) in [4.78, 5) is 11.5. The predicted molar refractivity (Wildman–Crippen MR) is 62.5 cm³/mol. The zero-order chi connectivity index (χ0) is 13.2. The van der Waals surface area contributed by atoms with Crippen molar-refractivity contribution < 1.29 is 18.7 Å². The number of amides is 2. The molecule has 2 fully saturated rings. The minimum atomic E-state index is -2.65. The first-order valence-electron chi connectivity index (χ1n) is 6.57. The number of urea groups is 1. The first-order chi connectivity index (χ1) is 8.47. The second-order valence-electron chi connectivity index (χ2n) is 5.38. The Bertz CT molecular complexity index is 306. The maximum atomic E-state index is 13.5. The molecule has 2 saturated carbocycles. The molecule has 1 unspecified atom stereocenters. The molecule has 0 aromatic rings. The van der Waals surface area contributed by atoms with Crippen LogP contribution in [-0.2, 0) is 0 Å². The minimum Gasteiger partial charge on any atom is -0.393 e.